The highest BCUT2D eigenvalue weighted by atomic mass is 32.2. The van der Waals surface area contributed by atoms with Crippen molar-refractivity contribution in [3.05, 3.63) is 94.6 Å². The summed E-state index contributed by atoms with van der Waals surface area (Å²) in [5, 5.41) is 0. The van der Waals surface area contributed by atoms with Crippen LogP contribution in [0.3, 0.4) is 0 Å². The number of benzene rings is 3. The van der Waals surface area contributed by atoms with Crippen LogP contribution in [0.1, 0.15) is 18.1 Å². The maximum absolute atomic E-state index is 13.0. The Balaban J connectivity index is 1.42. The van der Waals surface area contributed by atoms with E-state index < -0.39 is 0 Å². The maximum Gasteiger partial charge on any atom is 0.270 e. The van der Waals surface area contributed by atoms with Crippen LogP contribution in [0, 0.1) is 5.82 Å². The number of halogens is 1. The van der Waals surface area contributed by atoms with E-state index in [1.165, 1.54) is 28.8 Å². The molecular weight excluding hydrogens is 445 g/mol. The molecule has 3 aromatic rings. The van der Waals surface area contributed by atoms with Crippen molar-refractivity contribution in [3.8, 4) is 11.5 Å². The van der Waals surface area contributed by atoms with E-state index in [9.17, 15) is 9.18 Å². The molecule has 4 rings (SSSR count). The second-order valence-corrected chi connectivity index (χ2v) is 8.60. The Morgan fingerprint density at radius 1 is 0.938 bits per heavy atom. The lowest BCUT2D eigenvalue weighted by Crippen LogP contribution is -2.27. The molecule has 0 radical (unpaired) electrons. The number of carbonyl (C=O) groups is 1. The summed E-state index contributed by atoms with van der Waals surface area (Å²) in [7, 11) is 0. The third kappa shape index (κ3) is 5.18. The SMILES string of the molecule is CCOc1ccc(N2C(=O)/C(=C/c3ccc(OCc4ccc(F)cc4)cc3)SC2=S)cc1. The minimum atomic E-state index is -0.272. The molecule has 0 bridgehead atoms. The number of nitrogens with zero attached hydrogens (tertiary/aromatic N) is 1. The smallest absolute Gasteiger partial charge is 0.270 e. The molecule has 162 valence electrons. The van der Waals surface area contributed by atoms with Crippen LogP contribution in [-0.4, -0.2) is 16.8 Å². The van der Waals surface area contributed by atoms with Crippen LogP contribution in [0.2, 0.25) is 0 Å². The van der Waals surface area contributed by atoms with Gasteiger partial charge < -0.3 is 9.47 Å². The number of hydrogen-bond acceptors (Lipinski definition) is 5. The molecule has 0 aliphatic carbocycles. The summed E-state index contributed by atoms with van der Waals surface area (Å²) in [4.78, 5) is 15.0. The van der Waals surface area contributed by atoms with Gasteiger partial charge in [-0.15, -0.1) is 0 Å². The monoisotopic (exact) mass is 465 g/mol. The zero-order valence-electron chi connectivity index (χ0n) is 17.3. The van der Waals surface area contributed by atoms with Gasteiger partial charge in [0.1, 0.15) is 23.9 Å². The fourth-order valence-corrected chi connectivity index (χ4v) is 4.41. The number of thiocarbonyl (C=S) groups is 1. The molecular formula is C25H20FNO3S2. The number of ether oxygens (including phenoxy) is 2. The maximum atomic E-state index is 13.0. The quantitative estimate of drug-likeness (QED) is 0.306. The molecule has 0 atom stereocenters. The number of rotatable bonds is 7. The number of thioether (sulfide) groups is 1. The zero-order chi connectivity index (χ0) is 22.5. The van der Waals surface area contributed by atoms with Crippen molar-refractivity contribution in [1.29, 1.82) is 0 Å². The first kappa shape index (κ1) is 22.0. The molecule has 1 heterocycles. The summed E-state index contributed by atoms with van der Waals surface area (Å²) in [6, 6.07) is 20.9. The Morgan fingerprint density at radius 2 is 1.56 bits per heavy atom. The Morgan fingerprint density at radius 3 is 2.22 bits per heavy atom. The molecule has 4 nitrogen and oxygen atoms in total. The van der Waals surface area contributed by atoms with E-state index in [4.69, 9.17) is 21.7 Å². The minimum Gasteiger partial charge on any atom is -0.494 e. The highest BCUT2D eigenvalue weighted by molar-refractivity contribution is 8.27. The summed E-state index contributed by atoms with van der Waals surface area (Å²) >= 11 is 6.71. The van der Waals surface area contributed by atoms with Gasteiger partial charge in [-0.05, 0) is 72.7 Å². The molecule has 0 saturated carbocycles. The fourth-order valence-electron chi connectivity index (χ4n) is 3.11. The van der Waals surface area contributed by atoms with Gasteiger partial charge in [0.05, 0.1) is 17.2 Å². The first-order chi connectivity index (χ1) is 15.5. The van der Waals surface area contributed by atoms with Crippen molar-refractivity contribution in [1.82, 2.24) is 0 Å². The van der Waals surface area contributed by atoms with Gasteiger partial charge in [-0.1, -0.05) is 48.2 Å². The van der Waals surface area contributed by atoms with Gasteiger partial charge in [0.2, 0.25) is 0 Å². The van der Waals surface area contributed by atoms with Gasteiger partial charge >= 0.3 is 0 Å². The van der Waals surface area contributed by atoms with Crippen LogP contribution >= 0.6 is 24.0 Å². The predicted octanol–water partition coefficient (Wildman–Crippen LogP) is 6.21. The Labute approximate surface area is 195 Å². The van der Waals surface area contributed by atoms with Gasteiger partial charge in [-0.25, -0.2) is 4.39 Å². The summed E-state index contributed by atoms with van der Waals surface area (Å²) < 4.78 is 24.7. The molecule has 0 aromatic heterocycles. The largest absolute Gasteiger partial charge is 0.494 e. The molecule has 1 amide bonds. The standard InChI is InChI=1S/C25H20FNO3S2/c1-2-29-21-13-9-20(10-14-21)27-24(28)23(32-25(27)31)15-17-5-11-22(12-6-17)30-16-18-3-7-19(26)8-4-18/h3-15H,2,16H2,1H3/b23-15-. The normalized spacial score (nSPS) is 14.8. The van der Waals surface area contributed by atoms with Crippen LogP contribution in [0.25, 0.3) is 6.08 Å². The van der Waals surface area contributed by atoms with Crippen LogP contribution in [0.4, 0.5) is 10.1 Å². The third-order valence-electron chi connectivity index (χ3n) is 4.70. The number of carbonyl (C=O) groups excluding carboxylic acids is 1. The van der Waals surface area contributed by atoms with E-state index in [1.807, 2.05) is 61.5 Å². The Hall–Kier alpha value is -3.16. The van der Waals surface area contributed by atoms with E-state index in [1.54, 1.807) is 12.1 Å². The van der Waals surface area contributed by atoms with E-state index in [0.29, 0.717) is 33.9 Å². The molecule has 1 saturated heterocycles. The first-order valence-electron chi connectivity index (χ1n) is 10.0. The Bertz CT molecular complexity index is 1140. The molecule has 1 aliphatic rings. The van der Waals surface area contributed by atoms with Gasteiger partial charge in [0.25, 0.3) is 5.91 Å². The third-order valence-corrected chi connectivity index (χ3v) is 6.00. The summed E-state index contributed by atoms with van der Waals surface area (Å²) in [5.74, 6) is 1.01. The van der Waals surface area contributed by atoms with Gasteiger partial charge in [0.15, 0.2) is 4.32 Å². The van der Waals surface area contributed by atoms with Crippen molar-refractivity contribution in [2.75, 3.05) is 11.5 Å². The molecule has 0 unspecified atom stereocenters. The van der Waals surface area contributed by atoms with Gasteiger partial charge in [0, 0.05) is 0 Å². The minimum absolute atomic E-state index is 0.152. The highest BCUT2D eigenvalue weighted by Gasteiger charge is 2.33. The van der Waals surface area contributed by atoms with E-state index in [-0.39, 0.29) is 11.7 Å². The second-order valence-electron chi connectivity index (χ2n) is 6.93. The number of anilines is 1. The molecule has 0 spiro atoms. The van der Waals surface area contributed by atoms with Crippen molar-refractivity contribution >= 4 is 46.0 Å². The predicted molar refractivity (Wildman–Crippen MR) is 130 cm³/mol. The molecule has 1 fully saturated rings. The van der Waals surface area contributed by atoms with Gasteiger partial charge in [-0.3, -0.25) is 9.69 Å². The van der Waals surface area contributed by atoms with Crippen molar-refractivity contribution in [2.45, 2.75) is 13.5 Å². The topological polar surface area (TPSA) is 38.8 Å². The van der Waals surface area contributed by atoms with Crippen LogP contribution in [-0.2, 0) is 11.4 Å². The molecule has 7 heteroatoms. The summed E-state index contributed by atoms with van der Waals surface area (Å²) in [6.45, 7) is 2.85. The molecule has 32 heavy (non-hydrogen) atoms. The lowest BCUT2D eigenvalue weighted by atomic mass is 10.2. The fraction of sp³-hybridized carbons (Fsp3) is 0.120. The summed E-state index contributed by atoms with van der Waals surface area (Å²) in [5.41, 5.74) is 2.46. The van der Waals surface area contributed by atoms with E-state index >= 15 is 0 Å². The average molecular weight is 466 g/mol. The van der Waals surface area contributed by atoms with E-state index in [2.05, 4.69) is 0 Å². The first-order valence-corrected chi connectivity index (χ1v) is 11.2. The van der Waals surface area contributed by atoms with Crippen molar-refractivity contribution in [2.24, 2.45) is 0 Å². The number of amides is 1. The molecule has 1 aliphatic heterocycles. The highest BCUT2D eigenvalue weighted by Crippen LogP contribution is 2.36. The lowest BCUT2D eigenvalue weighted by Gasteiger charge is -2.15. The average Bonchev–Trinajstić information content (AvgIpc) is 3.08. The van der Waals surface area contributed by atoms with Gasteiger partial charge in [-0.2, -0.15) is 0 Å². The second kappa shape index (κ2) is 9.97. The molecule has 3 aromatic carbocycles. The lowest BCUT2D eigenvalue weighted by molar-refractivity contribution is -0.113. The van der Waals surface area contributed by atoms with Crippen molar-refractivity contribution in [3.63, 3.8) is 0 Å². The Kier molecular flexibility index (Phi) is 6.87. The van der Waals surface area contributed by atoms with Crippen LogP contribution in [0.5, 0.6) is 11.5 Å². The van der Waals surface area contributed by atoms with Crippen LogP contribution < -0.4 is 14.4 Å². The van der Waals surface area contributed by atoms with Crippen molar-refractivity contribution < 1.29 is 18.7 Å². The zero-order valence-corrected chi connectivity index (χ0v) is 18.9. The molecule has 0 N–H and O–H groups in total. The van der Waals surface area contributed by atoms with E-state index in [0.717, 1.165) is 16.9 Å². The number of hydrogen-bond donors (Lipinski definition) is 0. The van der Waals surface area contributed by atoms with Crippen LogP contribution in [0.15, 0.2) is 77.7 Å². The summed E-state index contributed by atoms with van der Waals surface area (Å²) in [6.07, 6.45) is 1.82.